The fourth-order valence-corrected chi connectivity index (χ4v) is 4.69. The minimum atomic E-state index is -1.07. The lowest BCUT2D eigenvalue weighted by molar-refractivity contribution is 0.0538. The molecule has 2 N–H and O–H groups in total. The zero-order chi connectivity index (χ0) is 23.8. The maximum Gasteiger partial charge on any atom is 0.337 e. The first-order valence-electron chi connectivity index (χ1n) is 10.9. The van der Waals surface area contributed by atoms with Crippen LogP contribution in [0.4, 0.5) is 0 Å². The van der Waals surface area contributed by atoms with Crippen molar-refractivity contribution >= 4 is 23.5 Å². The van der Waals surface area contributed by atoms with Crippen molar-refractivity contribution < 1.29 is 24.5 Å². The minimum absolute atomic E-state index is 0.0588. The number of benzene rings is 3. The molecule has 3 aromatic rings. The quantitative estimate of drug-likeness (QED) is 0.494. The molecule has 1 amide bonds. The van der Waals surface area contributed by atoms with Crippen molar-refractivity contribution in [3.63, 3.8) is 0 Å². The molecule has 172 valence electrons. The highest BCUT2D eigenvalue weighted by Gasteiger charge is 2.36. The van der Waals surface area contributed by atoms with Crippen molar-refractivity contribution in [1.29, 1.82) is 0 Å². The lowest BCUT2D eigenvalue weighted by Gasteiger charge is -2.26. The van der Waals surface area contributed by atoms with Crippen molar-refractivity contribution in [2.45, 2.75) is 31.7 Å². The van der Waals surface area contributed by atoms with Gasteiger partial charge in [0, 0.05) is 12.1 Å². The number of aromatic carboxylic acids is 1. The van der Waals surface area contributed by atoms with E-state index in [4.69, 9.17) is 16.3 Å². The Bertz CT molecular complexity index is 1320. The smallest absolute Gasteiger partial charge is 0.337 e. The van der Waals surface area contributed by atoms with Crippen LogP contribution in [0.2, 0.25) is 5.02 Å². The third-order valence-corrected chi connectivity index (χ3v) is 6.61. The van der Waals surface area contributed by atoms with Crippen LogP contribution >= 0.6 is 11.6 Å². The molecule has 0 saturated heterocycles. The Labute approximate surface area is 201 Å². The Hall–Kier alpha value is -3.61. The van der Waals surface area contributed by atoms with Crippen molar-refractivity contribution in [3.05, 3.63) is 100 Å². The van der Waals surface area contributed by atoms with Gasteiger partial charge in [-0.1, -0.05) is 48.0 Å². The molecular weight excluding hydrogens is 454 g/mol. The largest absolute Gasteiger partial charge is 0.489 e. The van der Waals surface area contributed by atoms with Crippen molar-refractivity contribution in [1.82, 2.24) is 4.90 Å². The molecule has 1 aliphatic carbocycles. The van der Waals surface area contributed by atoms with Gasteiger partial charge in [0.1, 0.15) is 12.4 Å². The summed E-state index contributed by atoms with van der Waals surface area (Å²) < 4.78 is 6.00. The van der Waals surface area contributed by atoms with Gasteiger partial charge in [-0.25, -0.2) is 4.79 Å². The second-order valence-electron chi connectivity index (χ2n) is 8.46. The van der Waals surface area contributed by atoms with Gasteiger partial charge in [0.2, 0.25) is 0 Å². The van der Waals surface area contributed by atoms with Crippen LogP contribution in [0.25, 0.3) is 11.1 Å². The van der Waals surface area contributed by atoms with Gasteiger partial charge in [0.05, 0.1) is 22.7 Å². The average molecular weight is 476 g/mol. The van der Waals surface area contributed by atoms with E-state index in [2.05, 4.69) is 0 Å². The van der Waals surface area contributed by atoms with Crippen LogP contribution in [0, 0.1) is 0 Å². The lowest BCUT2D eigenvalue weighted by atomic mass is 10.0. The SMILES string of the molecule is O=C(O)c1cc(-c2cccc(COc3ccc4c(c3)CN(C3CC=CC3O)C4=O)c2)ccc1Cl. The summed E-state index contributed by atoms with van der Waals surface area (Å²) in [6.07, 6.45) is 3.66. The Kier molecular flexibility index (Phi) is 5.86. The second-order valence-corrected chi connectivity index (χ2v) is 8.87. The molecule has 2 atom stereocenters. The maximum absolute atomic E-state index is 12.8. The number of nitrogens with zero attached hydrogens (tertiary/aromatic N) is 1. The first kappa shape index (κ1) is 22.2. The number of hydrogen-bond acceptors (Lipinski definition) is 4. The van der Waals surface area contributed by atoms with Gasteiger partial charge in [-0.15, -0.1) is 0 Å². The molecule has 0 fully saturated rings. The molecule has 3 aromatic carbocycles. The van der Waals surface area contributed by atoms with Crippen molar-refractivity contribution in [2.75, 3.05) is 0 Å². The predicted octanol–water partition coefficient (Wildman–Crippen LogP) is 4.93. The number of rotatable bonds is 6. The number of fused-ring (bicyclic) bond motifs is 1. The van der Waals surface area contributed by atoms with Crippen molar-refractivity contribution in [3.8, 4) is 16.9 Å². The number of aliphatic hydroxyl groups excluding tert-OH is 1. The van der Waals surface area contributed by atoms with E-state index in [1.807, 2.05) is 36.4 Å². The molecule has 2 aliphatic rings. The van der Waals surface area contributed by atoms with E-state index < -0.39 is 12.1 Å². The molecule has 5 rings (SSSR count). The minimum Gasteiger partial charge on any atom is -0.489 e. The van der Waals surface area contributed by atoms with Crippen LogP contribution < -0.4 is 4.74 Å². The van der Waals surface area contributed by atoms with Gasteiger partial charge in [0.15, 0.2) is 0 Å². The summed E-state index contributed by atoms with van der Waals surface area (Å²) >= 11 is 5.99. The molecule has 0 aromatic heterocycles. The highest BCUT2D eigenvalue weighted by Crippen LogP contribution is 2.32. The molecule has 1 aliphatic heterocycles. The number of amides is 1. The number of carbonyl (C=O) groups is 2. The highest BCUT2D eigenvalue weighted by molar-refractivity contribution is 6.33. The number of ether oxygens (including phenoxy) is 1. The fraction of sp³-hybridized carbons (Fsp3) is 0.185. The normalized spacial score (nSPS) is 18.9. The zero-order valence-electron chi connectivity index (χ0n) is 18.1. The third kappa shape index (κ3) is 4.18. The van der Waals surface area contributed by atoms with E-state index >= 15 is 0 Å². The predicted molar refractivity (Wildman–Crippen MR) is 128 cm³/mol. The fourth-order valence-electron chi connectivity index (χ4n) is 4.49. The number of hydrogen-bond donors (Lipinski definition) is 2. The van der Waals surface area contributed by atoms with E-state index in [1.54, 1.807) is 41.3 Å². The van der Waals surface area contributed by atoms with E-state index in [1.165, 1.54) is 0 Å². The highest BCUT2D eigenvalue weighted by atomic mass is 35.5. The summed E-state index contributed by atoms with van der Waals surface area (Å²) in [5.41, 5.74) is 4.12. The van der Waals surface area contributed by atoms with Crippen LogP contribution in [-0.4, -0.2) is 39.1 Å². The van der Waals surface area contributed by atoms with Gasteiger partial charge in [-0.2, -0.15) is 0 Å². The summed E-state index contributed by atoms with van der Waals surface area (Å²) in [5.74, 6) is -0.479. The van der Waals surface area contributed by atoms with Gasteiger partial charge in [-0.3, -0.25) is 4.79 Å². The van der Waals surface area contributed by atoms with E-state index in [0.717, 1.165) is 22.3 Å². The van der Waals surface area contributed by atoms with Gasteiger partial charge in [-0.05, 0) is 65.1 Å². The van der Waals surface area contributed by atoms with Gasteiger partial charge in [0.25, 0.3) is 5.91 Å². The summed E-state index contributed by atoms with van der Waals surface area (Å²) in [6.45, 7) is 0.766. The van der Waals surface area contributed by atoms with Crippen LogP contribution in [-0.2, 0) is 13.2 Å². The first-order chi connectivity index (χ1) is 16.4. The molecule has 0 saturated carbocycles. The Morgan fingerprint density at radius 3 is 2.68 bits per heavy atom. The van der Waals surface area contributed by atoms with Gasteiger partial charge >= 0.3 is 5.97 Å². The van der Waals surface area contributed by atoms with Crippen LogP contribution in [0.5, 0.6) is 5.75 Å². The molecule has 7 heteroatoms. The summed E-state index contributed by atoms with van der Waals surface area (Å²) in [5, 5.41) is 19.7. The van der Waals surface area contributed by atoms with E-state index in [-0.39, 0.29) is 22.5 Å². The van der Waals surface area contributed by atoms with Crippen LogP contribution in [0.15, 0.2) is 72.8 Å². The Morgan fingerprint density at radius 1 is 1.09 bits per heavy atom. The second kappa shape index (κ2) is 8.97. The number of carbonyl (C=O) groups excluding carboxylic acids is 1. The molecule has 1 heterocycles. The standard InChI is InChI=1S/C27H22ClNO5/c28-23-10-7-18(13-22(23)27(32)33)17-4-1-3-16(11-17)15-34-20-8-9-21-19(12-20)14-29(26(21)31)24-5-2-6-25(24)30/h1-4,6-13,24-25,30H,5,14-15H2,(H,32,33). The van der Waals surface area contributed by atoms with E-state index in [9.17, 15) is 19.8 Å². The van der Waals surface area contributed by atoms with E-state index in [0.29, 0.717) is 30.9 Å². The number of carboxylic acids is 1. The monoisotopic (exact) mass is 475 g/mol. The first-order valence-corrected chi connectivity index (χ1v) is 11.3. The maximum atomic E-state index is 12.8. The molecule has 6 nitrogen and oxygen atoms in total. The average Bonchev–Trinajstić information content (AvgIpc) is 3.40. The zero-order valence-corrected chi connectivity index (χ0v) is 18.9. The number of carboxylic acid groups (broad SMARTS) is 1. The molecule has 0 radical (unpaired) electrons. The molecule has 34 heavy (non-hydrogen) atoms. The molecule has 0 bridgehead atoms. The Morgan fingerprint density at radius 2 is 1.91 bits per heavy atom. The molecule has 2 unspecified atom stereocenters. The number of aliphatic hydroxyl groups is 1. The van der Waals surface area contributed by atoms with Crippen molar-refractivity contribution in [2.24, 2.45) is 0 Å². The molecular formula is C27H22ClNO5. The van der Waals surface area contributed by atoms with Crippen LogP contribution in [0.1, 0.15) is 38.3 Å². The van der Waals surface area contributed by atoms with Crippen LogP contribution in [0.3, 0.4) is 0 Å². The van der Waals surface area contributed by atoms with Gasteiger partial charge < -0.3 is 19.8 Å². The summed E-state index contributed by atoms with van der Waals surface area (Å²) in [4.78, 5) is 25.9. The third-order valence-electron chi connectivity index (χ3n) is 6.28. The molecule has 0 spiro atoms. The number of halogens is 1. The summed E-state index contributed by atoms with van der Waals surface area (Å²) in [6, 6.07) is 17.8. The lowest BCUT2D eigenvalue weighted by Crippen LogP contribution is -2.40. The Balaban J connectivity index is 1.30. The topological polar surface area (TPSA) is 87.1 Å². The summed E-state index contributed by atoms with van der Waals surface area (Å²) in [7, 11) is 0.